The van der Waals surface area contributed by atoms with Crippen LogP contribution in [0.2, 0.25) is 0 Å². The molecule has 3 heteroatoms. The first-order valence-electron chi connectivity index (χ1n) is 3.88. The second-order valence-corrected chi connectivity index (χ2v) is 3.40. The number of hydrogen-bond donors (Lipinski definition) is 0. The average Bonchev–Trinajstić information content (AvgIpc) is 2.00. The summed E-state index contributed by atoms with van der Waals surface area (Å²) in [5.41, 5.74) is 0.0868. The topological polar surface area (TPSA) is 21.7 Å². The smallest absolute Gasteiger partial charge is 0.0901 e. The predicted octanol–water partition coefficient (Wildman–Crippen LogP) is 0.352. The third-order valence-corrected chi connectivity index (χ3v) is 2.73. The fraction of sp³-hybridized carbons (Fsp3) is 1.00. The molecule has 0 radical (unpaired) electrons. The Bertz CT molecular complexity index is 140. The van der Waals surface area contributed by atoms with Gasteiger partial charge in [-0.3, -0.25) is 4.90 Å². The molecule has 2 unspecified atom stereocenters. The molecule has 0 bridgehead atoms. The third kappa shape index (κ3) is 1.28. The lowest BCUT2D eigenvalue weighted by Crippen LogP contribution is -2.70. The van der Waals surface area contributed by atoms with Gasteiger partial charge in [-0.2, -0.15) is 0 Å². The molecule has 0 aromatic rings. The molecule has 1 fully saturated rings. The standard InChI is InChI=1S/C8H17NO2/c1-8(6-10-3)7(11-4)5-9(8)2/h7H,5-6H2,1-4H3. The van der Waals surface area contributed by atoms with Crippen LogP contribution in [-0.2, 0) is 9.47 Å². The van der Waals surface area contributed by atoms with E-state index in [1.165, 1.54) is 0 Å². The van der Waals surface area contributed by atoms with Crippen LogP contribution in [-0.4, -0.2) is 51.0 Å². The van der Waals surface area contributed by atoms with Crippen molar-refractivity contribution in [1.29, 1.82) is 0 Å². The van der Waals surface area contributed by atoms with Crippen molar-refractivity contribution in [3.63, 3.8) is 0 Å². The highest BCUT2D eigenvalue weighted by Crippen LogP contribution is 2.30. The van der Waals surface area contributed by atoms with Gasteiger partial charge in [-0.25, -0.2) is 0 Å². The quantitative estimate of drug-likeness (QED) is 0.593. The van der Waals surface area contributed by atoms with Crippen molar-refractivity contribution in [3.8, 4) is 0 Å². The van der Waals surface area contributed by atoms with Crippen molar-refractivity contribution in [2.75, 3.05) is 34.4 Å². The van der Waals surface area contributed by atoms with Gasteiger partial charge in [0.15, 0.2) is 0 Å². The lowest BCUT2D eigenvalue weighted by atomic mass is 9.85. The highest BCUT2D eigenvalue weighted by atomic mass is 16.5. The number of ether oxygens (including phenoxy) is 2. The fourth-order valence-electron chi connectivity index (χ4n) is 1.61. The van der Waals surface area contributed by atoms with E-state index in [9.17, 15) is 0 Å². The average molecular weight is 159 g/mol. The van der Waals surface area contributed by atoms with Crippen LogP contribution in [0.5, 0.6) is 0 Å². The monoisotopic (exact) mass is 159 g/mol. The molecular weight excluding hydrogens is 142 g/mol. The SMILES string of the molecule is COCC1(C)C(OC)CN1C. The van der Waals surface area contributed by atoms with E-state index in [0.29, 0.717) is 6.10 Å². The summed E-state index contributed by atoms with van der Waals surface area (Å²) in [6, 6.07) is 0. The summed E-state index contributed by atoms with van der Waals surface area (Å²) in [5.74, 6) is 0. The Morgan fingerprint density at radius 2 is 2.18 bits per heavy atom. The van der Waals surface area contributed by atoms with Gasteiger partial charge in [0.25, 0.3) is 0 Å². The molecule has 3 nitrogen and oxygen atoms in total. The zero-order chi connectivity index (χ0) is 8.48. The summed E-state index contributed by atoms with van der Waals surface area (Å²) in [5, 5.41) is 0. The minimum Gasteiger partial charge on any atom is -0.383 e. The fourth-order valence-corrected chi connectivity index (χ4v) is 1.61. The van der Waals surface area contributed by atoms with Crippen LogP contribution in [0.4, 0.5) is 0 Å². The largest absolute Gasteiger partial charge is 0.383 e. The van der Waals surface area contributed by atoms with Crippen molar-refractivity contribution < 1.29 is 9.47 Å². The first kappa shape index (κ1) is 8.97. The predicted molar refractivity (Wildman–Crippen MR) is 43.7 cm³/mol. The second-order valence-electron chi connectivity index (χ2n) is 3.40. The molecule has 0 aliphatic carbocycles. The van der Waals surface area contributed by atoms with E-state index in [4.69, 9.17) is 9.47 Å². The summed E-state index contributed by atoms with van der Waals surface area (Å²) in [6.07, 6.45) is 0.326. The molecule has 1 rings (SSSR count). The second kappa shape index (κ2) is 3.09. The Balaban J connectivity index is 2.50. The van der Waals surface area contributed by atoms with Gasteiger partial charge in [0.2, 0.25) is 0 Å². The van der Waals surface area contributed by atoms with Crippen molar-refractivity contribution in [2.45, 2.75) is 18.6 Å². The van der Waals surface area contributed by atoms with E-state index >= 15 is 0 Å². The minimum absolute atomic E-state index is 0.0868. The molecule has 11 heavy (non-hydrogen) atoms. The Hall–Kier alpha value is -0.120. The summed E-state index contributed by atoms with van der Waals surface area (Å²) in [4.78, 5) is 2.25. The summed E-state index contributed by atoms with van der Waals surface area (Å²) < 4.78 is 10.4. The van der Waals surface area contributed by atoms with Crippen LogP contribution in [0, 0.1) is 0 Å². The molecule has 0 aromatic heterocycles. The van der Waals surface area contributed by atoms with Crippen LogP contribution in [0.3, 0.4) is 0 Å². The number of likely N-dealkylation sites (N-methyl/N-ethyl adjacent to an activating group) is 1. The van der Waals surface area contributed by atoms with Crippen molar-refractivity contribution in [3.05, 3.63) is 0 Å². The lowest BCUT2D eigenvalue weighted by Gasteiger charge is -2.53. The number of likely N-dealkylation sites (tertiary alicyclic amines) is 1. The Morgan fingerprint density at radius 1 is 1.55 bits per heavy atom. The Morgan fingerprint density at radius 3 is 2.55 bits per heavy atom. The molecule has 1 heterocycles. The maximum absolute atomic E-state index is 5.30. The molecule has 1 aliphatic rings. The van der Waals surface area contributed by atoms with E-state index in [1.54, 1.807) is 14.2 Å². The maximum Gasteiger partial charge on any atom is 0.0901 e. The van der Waals surface area contributed by atoms with Crippen LogP contribution in [0.1, 0.15) is 6.92 Å². The van der Waals surface area contributed by atoms with Crippen molar-refractivity contribution in [1.82, 2.24) is 4.90 Å². The third-order valence-electron chi connectivity index (χ3n) is 2.73. The first-order valence-corrected chi connectivity index (χ1v) is 3.88. The number of nitrogens with zero attached hydrogens (tertiary/aromatic N) is 1. The highest BCUT2D eigenvalue weighted by Gasteiger charge is 2.48. The van der Waals surface area contributed by atoms with Crippen LogP contribution in [0.15, 0.2) is 0 Å². The summed E-state index contributed by atoms with van der Waals surface area (Å²) in [6.45, 7) is 3.91. The van der Waals surface area contributed by atoms with Crippen LogP contribution >= 0.6 is 0 Å². The maximum atomic E-state index is 5.30. The number of hydrogen-bond acceptors (Lipinski definition) is 3. The molecule has 0 amide bonds. The minimum atomic E-state index is 0.0868. The molecular formula is C8H17NO2. The van der Waals surface area contributed by atoms with Crippen LogP contribution < -0.4 is 0 Å². The first-order chi connectivity index (χ1) is 5.15. The summed E-state index contributed by atoms with van der Waals surface area (Å²) >= 11 is 0. The molecule has 0 aromatic carbocycles. The molecule has 2 atom stereocenters. The number of methoxy groups -OCH3 is 2. The Kier molecular flexibility index (Phi) is 2.52. The normalized spacial score (nSPS) is 38.7. The lowest BCUT2D eigenvalue weighted by molar-refractivity contribution is -0.155. The van der Waals surface area contributed by atoms with Gasteiger partial charge < -0.3 is 9.47 Å². The van der Waals surface area contributed by atoms with Gasteiger partial charge in [-0.05, 0) is 14.0 Å². The Labute approximate surface area is 68.3 Å². The molecule has 66 valence electrons. The van der Waals surface area contributed by atoms with Gasteiger partial charge in [0.1, 0.15) is 0 Å². The molecule has 1 aliphatic heterocycles. The molecule has 0 spiro atoms. The van der Waals surface area contributed by atoms with Gasteiger partial charge in [-0.1, -0.05) is 0 Å². The summed E-state index contributed by atoms with van der Waals surface area (Å²) in [7, 11) is 5.57. The van der Waals surface area contributed by atoms with Gasteiger partial charge in [0.05, 0.1) is 18.2 Å². The van der Waals surface area contributed by atoms with E-state index < -0.39 is 0 Å². The van der Waals surface area contributed by atoms with Gasteiger partial charge in [0, 0.05) is 20.8 Å². The van der Waals surface area contributed by atoms with E-state index in [1.807, 2.05) is 0 Å². The molecule has 0 N–H and O–H groups in total. The molecule has 0 saturated carbocycles. The highest BCUT2D eigenvalue weighted by molar-refractivity contribution is 5.03. The van der Waals surface area contributed by atoms with Crippen LogP contribution in [0.25, 0.3) is 0 Å². The van der Waals surface area contributed by atoms with Gasteiger partial charge in [-0.15, -0.1) is 0 Å². The number of rotatable bonds is 3. The molecule has 1 saturated heterocycles. The van der Waals surface area contributed by atoms with Crippen molar-refractivity contribution >= 4 is 0 Å². The zero-order valence-electron chi connectivity index (χ0n) is 7.76. The van der Waals surface area contributed by atoms with Crippen molar-refractivity contribution in [2.24, 2.45) is 0 Å². The van der Waals surface area contributed by atoms with E-state index in [0.717, 1.165) is 13.2 Å². The zero-order valence-corrected chi connectivity index (χ0v) is 7.76. The van der Waals surface area contributed by atoms with E-state index in [-0.39, 0.29) is 5.54 Å². The van der Waals surface area contributed by atoms with Gasteiger partial charge >= 0.3 is 0 Å². The van der Waals surface area contributed by atoms with E-state index in [2.05, 4.69) is 18.9 Å².